The lowest BCUT2D eigenvalue weighted by molar-refractivity contribution is 0.669. The first-order chi connectivity index (χ1) is 44.1. The first kappa shape index (κ1) is 50.3. The molecule has 89 heavy (non-hydrogen) atoms. The molecule has 0 unspecified atom stereocenters. The lowest BCUT2D eigenvalue weighted by atomic mass is 9.67. The molecule has 0 radical (unpaired) electrons. The number of benzene rings is 14. The monoisotopic (exact) mass is 1170 g/mol. The number of fused-ring (bicyclic) bond motifs is 19. The summed E-state index contributed by atoms with van der Waals surface area (Å²) >= 11 is 3.72. The fourth-order valence-corrected chi connectivity index (χ4v) is 17.2. The fourth-order valence-electron chi connectivity index (χ4n) is 14.8. The van der Waals surface area contributed by atoms with Crippen molar-refractivity contribution in [3.8, 4) is 33.4 Å². The molecule has 14 aromatic carbocycles. The summed E-state index contributed by atoms with van der Waals surface area (Å²) in [4.78, 5) is 7.28. The van der Waals surface area contributed by atoms with Crippen molar-refractivity contribution < 1.29 is 8.83 Å². The number of rotatable bonds is 8. The minimum Gasteiger partial charge on any atom is -0.456 e. The van der Waals surface area contributed by atoms with Crippen LogP contribution in [-0.4, -0.2) is 0 Å². The van der Waals surface area contributed by atoms with Crippen LogP contribution in [0.25, 0.3) is 108 Å². The van der Waals surface area contributed by atoms with Crippen LogP contribution in [-0.2, 0) is 5.41 Å². The van der Waals surface area contributed by atoms with E-state index in [2.05, 4.69) is 313 Å². The molecule has 19 rings (SSSR count). The second kappa shape index (κ2) is 19.6. The van der Waals surface area contributed by atoms with Crippen molar-refractivity contribution in [1.82, 2.24) is 0 Å². The SMILES string of the molecule is c1ccc(-c2cc(N(c3ccc4c(c3)Sc3cc(N(c5ccccc5)c5cc(-c6ccc7ccccc7c6)c6oc7ccccc7c6c5)ccc3C43c4ccccc4-c4ccccc43)c3ccc4sc5ccccc5c4c3)cc3oc4ccccc4c23)cc1. The minimum atomic E-state index is -0.636. The van der Waals surface area contributed by atoms with Crippen LogP contribution in [0.2, 0.25) is 0 Å². The average Bonchev–Trinajstić information content (AvgIpc) is 1.63. The predicted octanol–water partition coefficient (Wildman–Crippen LogP) is 24.1. The van der Waals surface area contributed by atoms with Gasteiger partial charge in [-0.15, -0.1) is 11.3 Å². The quantitative estimate of drug-likeness (QED) is 0.151. The maximum Gasteiger partial charge on any atom is 0.143 e. The van der Waals surface area contributed by atoms with E-state index in [1.54, 1.807) is 0 Å². The summed E-state index contributed by atoms with van der Waals surface area (Å²) in [5.41, 5.74) is 21.1. The van der Waals surface area contributed by atoms with Crippen LogP contribution in [0, 0.1) is 0 Å². The van der Waals surface area contributed by atoms with Crippen LogP contribution in [0.3, 0.4) is 0 Å². The van der Waals surface area contributed by atoms with E-state index in [0.717, 1.165) is 100 Å². The van der Waals surface area contributed by atoms with Gasteiger partial charge < -0.3 is 18.6 Å². The average molecular weight is 1170 g/mol. The Balaban J connectivity index is 0.849. The molecule has 416 valence electrons. The van der Waals surface area contributed by atoms with Crippen molar-refractivity contribution in [2.75, 3.05) is 9.80 Å². The molecule has 1 aliphatic heterocycles. The number of anilines is 6. The molecule has 1 spiro atoms. The molecule has 2 aliphatic rings. The molecule has 0 amide bonds. The van der Waals surface area contributed by atoms with E-state index >= 15 is 0 Å². The van der Waals surface area contributed by atoms with Crippen molar-refractivity contribution in [3.63, 3.8) is 0 Å². The third kappa shape index (κ3) is 7.61. The molecular weight excluding hydrogens is 1120 g/mol. The van der Waals surface area contributed by atoms with E-state index in [4.69, 9.17) is 8.83 Å². The van der Waals surface area contributed by atoms with E-state index in [1.807, 2.05) is 23.1 Å². The molecule has 4 heterocycles. The Morgan fingerprint density at radius 3 is 1.58 bits per heavy atom. The topological polar surface area (TPSA) is 32.8 Å². The van der Waals surface area contributed by atoms with Gasteiger partial charge in [-0.3, -0.25) is 0 Å². The maximum absolute atomic E-state index is 6.89. The van der Waals surface area contributed by atoms with Crippen LogP contribution >= 0.6 is 23.1 Å². The summed E-state index contributed by atoms with van der Waals surface area (Å²) < 4.78 is 16.3. The third-order valence-corrected chi connectivity index (χ3v) is 20.9. The summed E-state index contributed by atoms with van der Waals surface area (Å²) in [6.45, 7) is 0. The highest BCUT2D eigenvalue weighted by Crippen LogP contribution is 2.63. The molecule has 3 aromatic heterocycles. The standard InChI is InChI=1S/C83H50N2O2S2/c1-3-20-52(21-4-1)66-45-60(48-76-81(66)65-29-12-17-33-75(65)86-76)85(56-39-42-78-68(44-56)64-28-13-18-34-77(64)88-78)58-38-41-73-80(50-58)89-79-49-57(37-40-72(79)83(73)70-30-14-9-25-61(70)62-26-10-15-31-71(62)83)84(55-23-5-2-6-24-55)59-46-67(54-36-35-51-19-7-8-22-53(51)43-54)82-69(47-59)63-27-11-16-32-74(63)87-82/h1-50H. The van der Waals surface area contributed by atoms with Gasteiger partial charge in [0.25, 0.3) is 0 Å². The third-order valence-electron chi connectivity index (χ3n) is 18.6. The Morgan fingerprint density at radius 2 is 0.831 bits per heavy atom. The summed E-state index contributed by atoms with van der Waals surface area (Å²) in [5.74, 6) is 0. The largest absolute Gasteiger partial charge is 0.456 e. The molecule has 0 bridgehead atoms. The first-order valence-electron chi connectivity index (χ1n) is 30.3. The van der Waals surface area contributed by atoms with E-state index in [9.17, 15) is 0 Å². The summed E-state index contributed by atoms with van der Waals surface area (Å²) in [6.07, 6.45) is 0. The fraction of sp³-hybridized carbons (Fsp3) is 0.0120. The van der Waals surface area contributed by atoms with E-state index in [-0.39, 0.29) is 0 Å². The van der Waals surface area contributed by atoms with Crippen LogP contribution in [0.4, 0.5) is 34.1 Å². The predicted molar refractivity (Wildman–Crippen MR) is 373 cm³/mol. The van der Waals surface area contributed by atoms with Crippen molar-refractivity contribution >= 4 is 132 Å². The van der Waals surface area contributed by atoms with Gasteiger partial charge in [-0.1, -0.05) is 212 Å². The highest BCUT2D eigenvalue weighted by atomic mass is 32.2. The van der Waals surface area contributed by atoms with Crippen LogP contribution in [0.1, 0.15) is 22.3 Å². The van der Waals surface area contributed by atoms with Gasteiger partial charge in [0, 0.05) is 91.6 Å². The van der Waals surface area contributed by atoms with Gasteiger partial charge in [0.15, 0.2) is 0 Å². The molecule has 0 saturated heterocycles. The minimum absolute atomic E-state index is 0.636. The Kier molecular flexibility index (Phi) is 11.1. The van der Waals surface area contributed by atoms with Gasteiger partial charge in [-0.25, -0.2) is 0 Å². The van der Waals surface area contributed by atoms with Crippen molar-refractivity contribution in [2.45, 2.75) is 15.2 Å². The zero-order valence-electron chi connectivity index (χ0n) is 47.9. The molecule has 4 nitrogen and oxygen atoms in total. The van der Waals surface area contributed by atoms with Gasteiger partial charge >= 0.3 is 0 Å². The van der Waals surface area contributed by atoms with Gasteiger partial charge in [-0.05, 0) is 158 Å². The normalized spacial score (nSPS) is 13.0. The number of para-hydroxylation sites is 3. The molecule has 1 aliphatic carbocycles. The summed E-state index contributed by atoms with van der Waals surface area (Å²) in [7, 11) is 0. The van der Waals surface area contributed by atoms with Crippen molar-refractivity contribution in [2.24, 2.45) is 0 Å². The number of hydrogen-bond donors (Lipinski definition) is 0. The van der Waals surface area contributed by atoms with Crippen LogP contribution in [0.15, 0.2) is 322 Å². The Bertz CT molecular complexity index is 5710. The Morgan fingerprint density at radius 1 is 0.281 bits per heavy atom. The van der Waals surface area contributed by atoms with Crippen molar-refractivity contribution in [3.05, 3.63) is 326 Å². The number of furan rings is 2. The highest BCUT2D eigenvalue weighted by Gasteiger charge is 2.50. The first-order valence-corrected chi connectivity index (χ1v) is 31.9. The lowest BCUT2D eigenvalue weighted by Crippen LogP contribution is -2.32. The maximum atomic E-state index is 6.89. The molecule has 6 heteroatoms. The Hall–Kier alpha value is -10.9. The second-order valence-electron chi connectivity index (χ2n) is 23.5. The lowest BCUT2D eigenvalue weighted by Gasteiger charge is -2.41. The zero-order chi connectivity index (χ0) is 58.3. The molecule has 0 N–H and O–H groups in total. The van der Waals surface area contributed by atoms with Crippen molar-refractivity contribution in [1.29, 1.82) is 0 Å². The number of nitrogens with zero attached hydrogens (tertiary/aromatic N) is 2. The summed E-state index contributed by atoms with van der Waals surface area (Å²) in [5, 5.41) is 9.24. The molecule has 0 atom stereocenters. The smallest absolute Gasteiger partial charge is 0.143 e. The van der Waals surface area contributed by atoms with E-state index in [0.29, 0.717) is 0 Å². The Labute approximate surface area is 521 Å². The molecular formula is C83H50N2O2S2. The molecule has 17 aromatic rings. The summed E-state index contributed by atoms with van der Waals surface area (Å²) in [6, 6.07) is 112. The van der Waals surface area contributed by atoms with E-state index in [1.165, 1.54) is 74.1 Å². The van der Waals surface area contributed by atoms with Gasteiger partial charge in [0.05, 0.1) is 11.1 Å². The number of thiophene rings is 1. The van der Waals surface area contributed by atoms with Gasteiger partial charge in [0.1, 0.15) is 22.3 Å². The van der Waals surface area contributed by atoms with Crippen LogP contribution in [0.5, 0.6) is 0 Å². The number of hydrogen-bond acceptors (Lipinski definition) is 6. The zero-order valence-corrected chi connectivity index (χ0v) is 49.5. The van der Waals surface area contributed by atoms with E-state index < -0.39 is 5.41 Å². The second-order valence-corrected chi connectivity index (χ2v) is 25.6. The van der Waals surface area contributed by atoms with Crippen LogP contribution < -0.4 is 9.80 Å². The van der Waals surface area contributed by atoms with Gasteiger partial charge in [0.2, 0.25) is 0 Å². The molecule has 0 fully saturated rings. The highest BCUT2D eigenvalue weighted by molar-refractivity contribution is 7.99. The molecule has 0 saturated carbocycles. The van der Waals surface area contributed by atoms with Gasteiger partial charge in [-0.2, -0.15) is 0 Å².